The number of morpholine rings is 1. The molecule has 23 heavy (non-hydrogen) atoms. The number of carbonyl (C=O) groups excluding carboxylic acids is 1. The van der Waals surface area contributed by atoms with Crippen molar-refractivity contribution >= 4 is 5.91 Å². The molecule has 1 aliphatic heterocycles. The summed E-state index contributed by atoms with van der Waals surface area (Å²) in [5.41, 5.74) is 2.38. The van der Waals surface area contributed by atoms with Crippen LogP contribution in [-0.2, 0) is 21.3 Å². The van der Waals surface area contributed by atoms with Gasteiger partial charge in [0.1, 0.15) is 11.7 Å². The molecule has 0 spiro atoms. The third-order valence-corrected chi connectivity index (χ3v) is 3.81. The van der Waals surface area contributed by atoms with Crippen molar-refractivity contribution in [3.05, 3.63) is 35.4 Å². The Morgan fingerprint density at radius 3 is 2.57 bits per heavy atom. The van der Waals surface area contributed by atoms with Crippen LogP contribution in [-0.4, -0.2) is 48.3 Å². The summed E-state index contributed by atoms with van der Waals surface area (Å²) in [4.78, 5) is 12.9. The van der Waals surface area contributed by atoms with Gasteiger partial charge in [0.05, 0.1) is 12.2 Å². The lowest BCUT2D eigenvalue weighted by atomic mass is 9.90. The highest BCUT2D eigenvalue weighted by molar-refractivity contribution is 5.79. The highest BCUT2D eigenvalue weighted by Crippen LogP contribution is 2.37. The van der Waals surface area contributed by atoms with Gasteiger partial charge >= 0.3 is 6.18 Å². The summed E-state index contributed by atoms with van der Waals surface area (Å²) in [5, 5.41) is 10.6. The zero-order valence-corrected chi connectivity index (χ0v) is 12.6. The van der Waals surface area contributed by atoms with E-state index in [-0.39, 0.29) is 25.3 Å². The molecular formula is C15H19F3N2O3. The average Bonchev–Trinajstić information content (AvgIpc) is 2.46. The number of benzene rings is 1. The summed E-state index contributed by atoms with van der Waals surface area (Å²) in [6.07, 6.45) is -5.38. The molecule has 1 aliphatic rings. The third-order valence-electron chi connectivity index (χ3n) is 3.81. The molecule has 0 bridgehead atoms. The molecule has 3 N–H and O–H groups in total. The number of carbonyl (C=O) groups is 1. The molecule has 1 aromatic carbocycles. The van der Waals surface area contributed by atoms with Gasteiger partial charge in [-0.05, 0) is 18.6 Å². The first-order valence-corrected chi connectivity index (χ1v) is 7.13. The van der Waals surface area contributed by atoms with Crippen LogP contribution in [0.5, 0.6) is 0 Å². The van der Waals surface area contributed by atoms with Crippen LogP contribution in [0.3, 0.4) is 0 Å². The number of aliphatic hydroxyl groups is 1. The first kappa shape index (κ1) is 17.7. The van der Waals surface area contributed by atoms with E-state index in [9.17, 15) is 23.1 Å². The highest BCUT2D eigenvalue weighted by atomic mass is 19.4. The Morgan fingerprint density at radius 2 is 2.00 bits per heavy atom. The molecule has 2 rings (SSSR count). The molecule has 128 valence electrons. The molecule has 0 saturated carbocycles. The van der Waals surface area contributed by atoms with Crippen LogP contribution >= 0.6 is 0 Å². The summed E-state index contributed by atoms with van der Waals surface area (Å²) >= 11 is 0. The minimum atomic E-state index is -4.55. The lowest BCUT2D eigenvalue weighted by molar-refractivity contribution is -0.142. The fourth-order valence-electron chi connectivity index (χ4n) is 2.74. The van der Waals surface area contributed by atoms with Crippen molar-refractivity contribution in [3.63, 3.8) is 0 Å². The lowest BCUT2D eigenvalue weighted by Gasteiger charge is -2.37. The first-order valence-electron chi connectivity index (χ1n) is 7.13. The molecule has 1 aromatic rings. The summed E-state index contributed by atoms with van der Waals surface area (Å²) in [7, 11) is 0. The van der Waals surface area contributed by atoms with Crippen molar-refractivity contribution in [1.82, 2.24) is 4.90 Å². The van der Waals surface area contributed by atoms with Gasteiger partial charge in [0.25, 0.3) is 0 Å². The van der Waals surface area contributed by atoms with E-state index in [1.54, 1.807) is 4.90 Å². The summed E-state index contributed by atoms with van der Waals surface area (Å²) in [6, 6.07) is 4.93. The van der Waals surface area contributed by atoms with Crippen molar-refractivity contribution in [1.29, 1.82) is 0 Å². The van der Waals surface area contributed by atoms with E-state index in [1.165, 1.54) is 25.1 Å². The molecule has 1 fully saturated rings. The molecule has 2 atom stereocenters. The molecule has 1 saturated heterocycles. The van der Waals surface area contributed by atoms with Crippen molar-refractivity contribution in [2.45, 2.75) is 24.8 Å². The molecule has 8 heteroatoms. The number of hydrogen-bond donors (Lipinski definition) is 2. The van der Waals surface area contributed by atoms with Gasteiger partial charge < -0.3 is 15.6 Å². The Kier molecular flexibility index (Phi) is 4.98. The quantitative estimate of drug-likeness (QED) is 0.866. The standard InChI is InChI=1S/C15H19F3N2O3/c1-14(22,9-20-6-7-23-12(8-20)13(19)21)10-4-2-3-5-11(10)15(16,17)18/h2-5,12,22H,6-9H2,1H3,(H2,19,21)/t12-,14+/m0/s1. The zero-order chi connectivity index (χ0) is 17.3. The number of hydrogen-bond acceptors (Lipinski definition) is 4. The van der Waals surface area contributed by atoms with Gasteiger partial charge in [-0.25, -0.2) is 0 Å². The maximum atomic E-state index is 13.1. The Bertz CT molecular complexity index is 575. The number of halogens is 3. The van der Waals surface area contributed by atoms with Gasteiger partial charge in [0, 0.05) is 19.6 Å². The number of nitrogens with zero attached hydrogens (tertiary/aromatic N) is 1. The Morgan fingerprint density at radius 1 is 1.39 bits per heavy atom. The summed E-state index contributed by atoms with van der Waals surface area (Å²) in [6.45, 7) is 2.03. The van der Waals surface area contributed by atoms with Crippen LogP contribution in [0.15, 0.2) is 24.3 Å². The van der Waals surface area contributed by atoms with Crippen LogP contribution in [0.25, 0.3) is 0 Å². The zero-order valence-electron chi connectivity index (χ0n) is 12.6. The van der Waals surface area contributed by atoms with Crippen LogP contribution in [0, 0.1) is 0 Å². The van der Waals surface area contributed by atoms with E-state index in [0.29, 0.717) is 6.54 Å². The molecule has 0 radical (unpaired) electrons. The van der Waals surface area contributed by atoms with E-state index in [2.05, 4.69) is 0 Å². The van der Waals surface area contributed by atoms with Crippen LogP contribution in [0.1, 0.15) is 18.1 Å². The fourth-order valence-corrected chi connectivity index (χ4v) is 2.74. The van der Waals surface area contributed by atoms with E-state index in [0.717, 1.165) is 6.07 Å². The molecule has 0 aromatic heterocycles. The van der Waals surface area contributed by atoms with Gasteiger partial charge in [0.2, 0.25) is 5.91 Å². The van der Waals surface area contributed by atoms with E-state index < -0.39 is 29.4 Å². The van der Waals surface area contributed by atoms with Crippen molar-refractivity contribution in [2.24, 2.45) is 5.73 Å². The van der Waals surface area contributed by atoms with Gasteiger partial charge in [-0.2, -0.15) is 13.2 Å². The van der Waals surface area contributed by atoms with Crippen molar-refractivity contribution in [3.8, 4) is 0 Å². The number of rotatable bonds is 4. The number of β-amino-alcohol motifs (C(OH)–C–C–N with tert-alkyl or cyclic N) is 1. The van der Waals surface area contributed by atoms with Crippen LogP contribution in [0.2, 0.25) is 0 Å². The topological polar surface area (TPSA) is 75.8 Å². The van der Waals surface area contributed by atoms with Gasteiger partial charge in [-0.3, -0.25) is 9.69 Å². The molecule has 1 heterocycles. The largest absolute Gasteiger partial charge is 0.416 e. The maximum Gasteiger partial charge on any atom is 0.416 e. The number of ether oxygens (including phenoxy) is 1. The summed E-state index contributed by atoms with van der Waals surface area (Å²) < 4.78 is 44.5. The number of amides is 1. The summed E-state index contributed by atoms with van der Waals surface area (Å²) in [5.74, 6) is -0.634. The van der Waals surface area contributed by atoms with Gasteiger partial charge in [-0.15, -0.1) is 0 Å². The predicted octanol–water partition coefficient (Wildman–Crippen LogP) is 1.10. The normalized spacial score (nSPS) is 22.6. The molecule has 1 amide bonds. The average molecular weight is 332 g/mol. The van der Waals surface area contributed by atoms with Crippen LogP contribution < -0.4 is 5.73 Å². The SMILES string of the molecule is C[C@@](O)(CN1CCO[C@H](C(N)=O)C1)c1ccccc1C(F)(F)F. The number of primary amides is 1. The minimum absolute atomic E-state index is 0.0623. The van der Waals surface area contributed by atoms with Crippen LogP contribution in [0.4, 0.5) is 13.2 Å². The molecule has 0 unspecified atom stereocenters. The molecule has 5 nitrogen and oxygen atoms in total. The lowest BCUT2D eigenvalue weighted by Crippen LogP contribution is -2.52. The first-order chi connectivity index (χ1) is 10.6. The van der Waals surface area contributed by atoms with Crippen molar-refractivity contribution < 1.29 is 27.8 Å². The smallest absolute Gasteiger partial charge is 0.384 e. The van der Waals surface area contributed by atoms with E-state index in [1.807, 2.05) is 0 Å². The second kappa shape index (κ2) is 6.46. The Balaban J connectivity index is 2.21. The van der Waals surface area contributed by atoms with E-state index in [4.69, 9.17) is 10.5 Å². The van der Waals surface area contributed by atoms with Gasteiger partial charge in [-0.1, -0.05) is 18.2 Å². The highest BCUT2D eigenvalue weighted by Gasteiger charge is 2.39. The molecule has 0 aliphatic carbocycles. The predicted molar refractivity (Wildman–Crippen MR) is 76.4 cm³/mol. The van der Waals surface area contributed by atoms with Crippen molar-refractivity contribution in [2.75, 3.05) is 26.2 Å². The van der Waals surface area contributed by atoms with E-state index >= 15 is 0 Å². The second-order valence-corrected chi connectivity index (χ2v) is 5.81. The Labute approximate surface area is 131 Å². The molecular weight excluding hydrogens is 313 g/mol. The minimum Gasteiger partial charge on any atom is -0.384 e. The number of alkyl halides is 3. The second-order valence-electron chi connectivity index (χ2n) is 5.81. The number of nitrogens with two attached hydrogens (primary N) is 1. The fraction of sp³-hybridized carbons (Fsp3) is 0.533. The third kappa shape index (κ3) is 4.21. The van der Waals surface area contributed by atoms with Gasteiger partial charge in [0.15, 0.2) is 0 Å². The maximum absolute atomic E-state index is 13.1. The Hall–Kier alpha value is -1.64. The monoisotopic (exact) mass is 332 g/mol.